The van der Waals surface area contributed by atoms with Crippen LogP contribution in [0.25, 0.3) is 0 Å². The Labute approximate surface area is 129 Å². The minimum Gasteiger partial charge on any atom is -0.377 e. The standard InChI is InChI=1S/C17H19N3O2/c1-10(17(2,3)4)19-13-14(16(22)15(13)21)20-12-7-5-11(9-18)6-8-12/h5-8,10,19-20H,1-4H3/t10-/m0/s1. The van der Waals surface area contributed by atoms with E-state index in [4.69, 9.17) is 5.26 Å². The summed E-state index contributed by atoms with van der Waals surface area (Å²) in [7, 11) is 0. The Balaban J connectivity index is 2.22. The summed E-state index contributed by atoms with van der Waals surface area (Å²) in [6.07, 6.45) is 0. The maximum atomic E-state index is 11.8. The van der Waals surface area contributed by atoms with E-state index in [2.05, 4.69) is 31.4 Å². The van der Waals surface area contributed by atoms with E-state index in [0.717, 1.165) is 0 Å². The smallest absolute Gasteiger partial charge is 0.253 e. The third-order valence-electron chi connectivity index (χ3n) is 3.85. The highest BCUT2D eigenvalue weighted by molar-refractivity contribution is 5.79. The number of nitriles is 1. The van der Waals surface area contributed by atoms with Crippen molar-refractivity contribution in [1.29, 1.82) is 5.26 Å². The fourth-order valence-corrected chi connectivity index (χ4v) is 1.85. The van der Waals surface area contributed by atoms with E-state index in [-0.39, 0.29) is 17.1 Å². The third-order valence-corrected chi connectivity index (χ3v) is 3.85. The largest absolute Gasteiger partial charge is 0.377 e. The van der Waals surface area contributed by atoms with Crippen LogP contribution >= 0.6 is 0 Å². The molecule has 0 saturated carbocycles. The highest BCUT2D eigenvalue weighted by Crippen LogP contribution is 2.26. The molecular formula is C17H19N3O2. The summed E-state index contributed by atoms with van der Waals surface area (Å²) in [6, 6.07) is 8.77. The first-order valence-electron chi connectivity index (χ1n) is 7.11. The van der Waals surface area contributed by atoms with Gasteiger partial charge in [0.25, 0.3) is 10.9 Å². The Morgan fingerprint density at radius 3 is 2.09 bits per heavy atom. The molecule has 0 fully saturated rings. The predicted octanol–water partition coefficient (Wildman–Crippen LogP) is 2.74. The highest BCUT2D eigenvalue weighted by Gasteiger charge is 2.26. The molecule has 2 rings (SSSR count). The van der Waals surface area contributed by atoms with Gasteiger partial charge in [0.05, 0.1) is 11.6 Å². The van der Waals surface area contributed by atoms with Gasteiger partial charge in [0.2, 0.25) is 0 Å². The lowest BCUT2D eigenvalue weighted by atomic mass is 9.87. The number of nitrogens with one attached hydrogen (secondary N) is 2. The first-order valence-corrected chi connectivity index (χ1v) is 7.11. The molecule has 22 heavy (non-hydrogen) atoms. The molecule has 0 saturated heterocycles. The van der Waals surface area contributed by atoms with Crippen LogP contribution in [0.3, 0.4) is 0 Å². The van der Waals surface area contributed by atoms with Gasteiger partial charge in [-0.1, -0.05) is 20.8 Å². The zero-order valence-electron chi connectivity index (χ0n) is 13.2. The van der Waals surface area contributed by atoms with E-state index in [1.807, 2.05) is 13.0 Å². The van der Waals surface area contributed by atoms with E-state index >= 15 is 0 Å². The molecule has 0 amide bonds. The predicted molar refractivity (Wildman–Crippen MR) is 88.3 cm³/mol. The summed E-state index contributed by atoms with van der Waals surface area (Å²) < 4.78 is 0. The molecule has 2 aromatic carbocycles. The van der Waals surface area contributed by atoms with Gasteiger partial charge in [-0.25, -0.2) is 0 Å². The number of benzene rings is 1. The summed E-state index contributed by atoms with van der Waals surface area (Å²) >= 11 is 0. The molecule has 114 valence electrons. The minimum atomic E-state index is -0.520. The first kappa shape index (κ1) is 15.8. The maximum Gasteiger partial charge on any atom is 0.253 e. The van der Waals surface area contributed by atoms with Crippen molar-refractivity contribution < 1.29 is 0 Å². The monoisotopic (exact) mass is 297 g/mol. The van der Waals surface area contributed by atoms with Crippen molar-refractivity contribution in [3.05, 3.63) is 50.3 Å². The third kappa shape index (κ3) is 3.01. The Hall–Kier alpha value is -2.61. The molecule has 5 nitrogen and oxygen atoms in total. The zero-order chi connectivity index (χ0) is 16.5. The van der Waals surface area contributed by atoms with Crippen LogP contribution < -0.4 is 21.5 Å². The van der Waals surface area contributed by atoms with E-state index < -0.39 is 10.9 Å². The molecule has 0 aliphatic heterocycles. The molecule has 0 heterocycles. The average molecular weight is 297 g/mol. The first-order chi connectivity index (χ1) is 10.2. The topological polar surface area (TPSA) is 82.0 Å². The van der Waals surface area contributed by atoms with Crippen LogP contribution in [0.5, 0.6) is 0 Å². The summed E-state index contributed by atoms with van der Waals surface area (Å²) in [6.45, 7) is 8.15. The Kier molecular flexibility index (Phi) is 4.05. The van der Waals surface area contributed by atoms with Gasteiger partial charge in [-0.05, 0) is 36.6 Å². The van der Waals surface area contributed by atoms with Gasteiger partial charge in [-0.3, -0.25) is 9.59 Å². The second kappa shape index (κ2) is 5.64. The average Bonchev–Trinajstić information content (AvgIpc) is 2.49. The maximum absolute atomic E-state index is 11.8. The second-order valence-electron chi connectivity index (χ2n) is 6.45. The van der Waals surface area contributed by atoms with E-state index in [0.29, 0.717) is 16.9 Å². The van der Waals surface area contributed by atoms with Crippen LogP contribution in [0.1, 0.15) is 33.3 Å². The lowest BCUT2D eigenvalue weighted by Crippen LogP contribution is -2.41. The fourth-order valence-electron chi connectivity index (χ4n) is 1.85. The van der Waals surface area contributed by atoms with Crippen molar-refractivity contribution in [1.82, 2.24) is 0 Å². The molecule has 0 aromatic heterocycles. The van der Waals surface area contributed by atoms with E-state index in [1.165, 1.54) is 0 Å². The van der Waals surface area contributed by atoms with Crippen LogP contribution in [-0.4, -0.2) is 6.04 Å². The van der Waals surface area contributed by atoms with Gasteiger partial charge in [0, 0.05) is 11.7 Å². The number of hydrogen-bond acceptors (Lipinski definition) is 5. The summed E-state index contributed by atoms with van der Waals surface area (Å²) in [5.74, 6) is 0. The summed E-state index contributed by atoms with van der Waals surface area (Å²) in [5, 5.41) is 14.9. The molecule has 0 unspecified atom stereocenters. The van der Waals surface area contributed by atoms with E-state index in [1.54, 1.807) is 24.3 Å². The Morgan fingerprint density at radius 2 is 1.59 bits per heavy atom. The van der Waals surface area contributed by atoms with Crippen molar-refractivity contribution in [3.8, 4) is 6.07 Å². The van der Waals surface area contributed by atoms with Gasteiger partial charge >= 0.3 is 0 Å². The molecule has 2 aromatic rings. The van der Waals surface area contributed by atoms with Gasteiger partial charge in [-0.2, -0.15) is 5.26 Å². The zero-order valence-corrected chi connectivity index (χ0v) is 13.2. The number of rotatable bonds is 4. The van der Waals surface area contributed by atoms with Crippen molar-refractivity contribution in [2.75, 3.05) is 10.6 Å². The molecule has 0 aliphatic carbocycles. The Morgan fingerprint density at radius 1 is 1.05 bits per heavy atom. The lowest BCUT2D eigenvalue weighted by Gasteiger charge is -2.30. The SMILES string of the molecule is C[C@H](Nc1c(Nc2ccc(C#N)cc2)c(=O)c1=O)C(C)(C)C. The van der Waals surface area contributed by atoms with Gasteiger partial charge in [0.15, 0.2) is 0 Å². The second-order valence-corrected chi connectivity index (χ2v) is 6.45. The molecular weight excluding hydrogens is 278 g/mol. The van der Waals surface area contributed by atoms with Crippen molar-refractivity contribution in [2.24, 2.45) is 5.41 Å². The molecule has 0 bridgehead atoms. The molecule has 0 spiro atoms. The van der Waals surface area contributed by atoms with Crippen LogP contribution in [0.2, 0.25) is 0 Å². The molecule has 0 aliphatic rings. The van der Waals surface area contributed by atoms with Crippen LogP contribution in [0.15, 0.2) is 33.9 Å². The molecule has 1 atom stereocenters. The van der Waals surface area contributed by atoms with Gasteiger partial charge in [0.1, 0.15) is 11.4 Å². The fraction of sp³-hybridized carbons (Fsp3) is 0.353. The quantitative estimate of drug-likeness (QED) is 0.848. The number of hydrogen-bond donors (Lipinski definition) is 2. The summed E-state index contributed by atoms with van der Waals surface area (Å²) in [4.78, 5) is 23.5. The van der Waals surface area contributed by atoms with E-state index in [9.17, 15) is 9.59 Å². The van der Waals surface area contributed by atoms with Crippen molar-refractivity contribution >= 4 is 17.1 Å². The minimum absolute atomic E-state index is 0.0362. The molecule has 0 radical (unpaired) electrons. The Bertz CT molecular complexity index is 785. The molecule has 5 heteroatoms. The number of nitrogens with zero attached hydrogens (tertiary/aromatic N) is 1. The van der Waals surface area contributed by atoms with Gasteiger partial charge in [-0.15, -0.1) is 0 Å². The van der Waals surface area contributed by atoms with Crippen molar-refractivity contribution in [3.63, 3.8) is 0 Å². The van der Waals surface area contributed by atoms with Crippen LogP contribution in [-0.2, 0) is 0 Å². The van der Waals surface area contributed by atoms with Gasteiger partial charge < -0.3 is 10.6 Å². The normalized spacial score (nSPS) is 12.7. The van der Waals surface area contributed by atoms with Crippen LogP contribution in [0, 0.1) is 16.7 Å². The van der Waals surface area contributed by atoms with Crippen LogP contribution in [0.4, 0.5) is 17.1 Å². The summed E-state index contributed by atoms with van der Waals surface area (Å²) in [5.41, 5.74) is 0.765. The van der Waals surface area contributed by atoms with Crippen molar-refractivity contribution in [2.45, 2.75) is 33.7 Å². The highest BCUT2D eigenvalue weighted by atomic mass is 16.2. The lowest BCUT2D eigenvalue weighted by molar-refractivity contribution is 0.359. The molecule has 2 N–H and O–H groups in total. The number of anilines is 3.